The zero-order chi connectivity index (χ0) is 13.1. The predicted octanol–water partition coefficient (Wildman–Crippen LogP) is 2.60. The van der Waals surface area contributed by atoms with Crippen molar-refractivity contribution < 1.29 is 14.3 Å². The summed E-state index contributed by atoms with van der Waals surface area (Å²) in [6, 6.07) is 3.96. The molecule has 0 radical (unpaired) electrons. The third-order valence-corrected chi connectivity index (χ3v) is 3.31. The van der Waals surface area contributed by atoms with Gasteiger partial charge in [0, 0.05) is 13.6 Å². The molecule has 1 heterocycles. The first kappa shape index (κ1) is 13.0. The number of hydrogen-bond acceptors (Lipinski definition) is 3. The summed E-state index contributed by atoms with van der Waals surface area (Å²) in [5.74, 6) is 1.57. The first-order valence-electron chi connectivity index (χ1n) is 5.87. The first-order valence-corrected chi connectivity index (χ1v) is 6.25. The van der Waals surface area contributed by atoms with E-state index in [1.54, 1.807) is 7.05 Å². The zero-order valence-corrected chi connectivity index (χ0v) is 11.3. The summed E-state index contributed by atoms with van der Waals surface area (Å²) < 4.78 is 11.1. The minimum atomic E-state index is -0.440. The van der Waals surface area contributed by atoms with Crippen molar-refractivity contribution in [3.8, 4) is 11.5 Å². The van der Waals surface area contributed by atoms with E-state index in [0.29, 0.717) is 19.8 Å². The maximum Gasteiger partial charge on any atom is 0.316 e. The normalized spacial score (nSPS) is 13.3. The van der Waals surface area contributed by atoms with Gasteiger partial charge in [-0.15, -0.1) is 0 Å². The van der Waals surface area contributed by atoms with Gasteiger partial charge in [0.05, 0.1) is 0 Å². The van der Waals surface area contributed by atoms with Gasteiger partial charge in [0.25, 0.3) is 0 Å². The monoisotopic (exact) mass is 269 g/mol. The van der Waals surface area contributed by atoms with Crippen LogP contribution in [0.4, 0.5) is 4.79 Å². The molecule has 0 saturated carbocycles. The standard InChI is InChI=1S/C13H16ClNO3/c1-9-7-11-12(18-6-5-17-11)8-10(9)3-4-15(2)13(14)16/h7-8H,3-6H2,1-2H3. The molecule has 0 fully saturated rings. The van der Waals surface area contributed by atoms with Crippen LogP contribution in [0.15, 0.2) is 12.1 Å². The number of carbonyl (C=O) groups excluding carboxylic acids is 1. The Morgan fingerprint density at radius 3 is 2.56 bits per heavy atom. The molecule has 4 nitrogen and oxygen atoms in total. The summed E-state index contributed by atoms with van der Waals surface area (Å²) in [5, 5.41) is -0.440. The Kier molecular flexibility index (Phi) is 3.97. The van der Waals surface area contributed by atoms with Crippen LogP contribution in [-0.4, -0.2) is 37.1 Å². The van der Waals surface area contributed by atoms with Crippen molar-refractivity contribution in [1.82, 2.24) is 4.90 Å². The van der Waals surface area contributed by atoms with Crippen LogP contribution in [0.1, 0.15) is 11.1 Å². The number of halogens is 1. The topological polar surface area (TPSA) is 38.8 Å². The number of benzene rings is 1. The van der Waals surface area contributed by atoms with E-state index in [1.165, 1.54) is 4.90 Å². The van der Waals surface area contributed by atoms with Gasteiger partial charge in [-0.25, -0.2) is 0 Å². The second-order valence-corrected chi connectivity index (χ2v) is 4.67. The SMILES string of the molecule is Cc1cc2c(cc1CCN(C)C(=O)Cl)OCCO2. The van der Waals surface area contributed by atoms with E-state index in [1.807, 2.05) is 19.1 Å². The third kappa shape index (κ3) is 2.88. The molecular weight excluding hydrogens is 254 g/mol. The number of aryl methyl sites for hydroxylation is 1. The summed E-state index contributed by atoms with van der Waals surface area (Å²) in [4.78, 5) is 12.4. The minimum absolute atomic E-state index is 0.440. The fraction of sp³-hybridized carbons (Fsp3) is 0.462. The van der Waals surface area contributed by atoms with Gasteiger partial charge in [0.1, 0.15) is 13.2 Å². The number of hydrogen-bond donors (Lipinski definition) is 0. The van der Waals surface area contributed by atoms with Crippen molar-refractivity contribution in [2.75, 3.05) is 26.8 Å². The molecule has 0 bridgehead atoms. The maximum absolute atomic E-state index is 10.9. The number of fused-ring (bicyclic) bond motifs is 1. The van der Waals surface area contributed by atoms with Gasteiger partial charge in [0.2, 0.25) is 0 Å². The van der Waals surface area contributed by atoms with E-state index in [4.69, 9.17) is 21.1 Å². The average Bonchev–Trinajstić information content (AvgIpc) is 2.35. The van der Waals surface area contributed by atoms with Crippen LogP contribution in [0.2, 0.25) is 0 Å². The van der Waals surface area contributed by atoms with Crippen molar-refractivity contribution in [1.29, 1.82) is 0 Å². The van der Waals surface area contributed by atoms with Gasteiger partial charge < -0.3 is 14.4 Å². The Bertz CT molecular complexity index is 462. The quantitative estimate of drug-likeness (QED) is 0.625. The van der Waals surface area contributed by atoms with Crippen LogP contribution in [0.5, 0.6) is 11.5 Å². The fourth-order valence-electron chi connectivity index (χ4n) is 1.88. The zero-order valence-electron chi connectivity index (χ0n) is 10.5. The minimum Gasteiger partial charge on any atom is -0.486 e. The summed E-state index contributed by atoms with van der Waals surface area (Å²) >= 11 is 5.39. The highest BCUT2D eigenvalue weighted by Gasteiger charge is 2.14. The Labute approximate surface area is 111 Å². The molecule has 1 amide bonds. The lowest BCUT2D eigenvalue weighted by molar-refractivity contribution is 0.171. The van der Waals surface area contributed by atoms with Crippen molar-refractivity contribution in [3.63, 3.8) is 0 Å². The summed E-state index contributed by atoms with van der Waals surface area (Å²) in [6.07, 6.45) is 0.747. The molecule has 2 rings (SSSR count). The molecule has 5 heteroatoms. The second kappa shape index (κ2) is 5.48. The van der Waals surface area contributed by atoms with Crippen LogP contribution in [0, 0.1) is 6.92 Å². The molecule has 0 aliphatic carbocycles. The Morgan fingerprint density at radius 1 is 1.33 bits per heavy atom. The van der Waals surface area contributed by atoms with E-state index in [0.717, 1.165) is 29.0 Å². The smallest absolute Gasteiger partial charge is 0.316 e. The second-order valence-electron chi connectivity index (χ2n) is 4.35. The van der Waals surface area contributed by atoms with E-state index < -0.39 is 5.37 Å². The van der Waals surface area contributed by atoms with Gasteiger partial charge in [-0.3, -0.25) is 4.79 Å². The first-order chi connectivity index (χ1) is 8.58. The molecule has 0 aromatic heterocycles. The lowest BCUT2D eigenvalue weighted by atomic mass is 10.0. The number of carbonyl (C=O) groups is 1. The molecule has 1 aromatic rings. The van der Waals surface area contributed by atoms with Crippen molar-refractivity contribution in [2.24, 2.45) is 0 Å². The van der Waals surface area contributed by atoms with Crippen LogP contribution < -0.4 is 9.47 Å². The van der Waals surface area contributed by atoms with Crippen LogP contribution in [0.3, 0.4) is 0 Å². The van der Waals surface area contributed by atoms with E-state index >= 15 is 0 Å². The number of amides is 1. The molecule has 1 aromatic carbocycles. The molecule has 0 N–H and O–H groups in total. The van der Waals surface area contributed by atoms with E-state index in [-0.39, 0.29) is 0 Å². The Balaban J connectivity index is 2.11. The molecule has 0 saturated heterocycles. The van der Waals surface area contributed by atoms with Gasteiger partial charge >= 0.3 is 5.37 Å². The van der Waals surface area contributed by atoms with Crippen molar-refractivity contribution in [3.05, 3.63) is 23.3 Å². The summed E-state index contributed by atoms with van der Waals surface area (Å²) in [7, 11) is 1.68. The van der Waals surface area contributed by atoms with E-state index in [9.17, 15) is 4.79 Å². The van der Waals surface area contributed by atoms with Crippen molar-refractivity contribution in [2.45, 2.75) is 13.3 Å². The summed E-state index contributed by atoms with van der Waals surface area (Å²) in [5.41, 5.74) is 2.28. The number of nitrogens with zero attached hydrogens (tertiary/aromatic N) is 1. The van der Waals surface area contributed by atoms with Crippen LogP contribution >= 0.6 is 11.6 Å². The fourth-order valence-corrected chi connectivity index (χ4v) is 1.96. The van der Waals surface area contributed by atoms with Crippen LogP contribution in [-0.2, 0) is 6.42 Å². The number of likely N-dealkylation sites (N-methyl/N-ethyl adjacent to an activating group) is 1. The summed E-state index contributed by atoms with van der Waals surface area (Å²) in [6.45, 7) is 3.78. The molecule has 0 atom stereocenters. The Morgan fingerprint density at radius 2 is 1.94 bits per heavy atom. The highest BCUT2D eigenvalue weighted by Crippen LogP contribution is 2.33. The predicted molar refractivity (Wildman–Crippen MR) is 69.8 cm³/mol. The third-order valence-electron chi connectivity index (χ3n) is 3.02. The lowest BCUT2D eigenvalue weighted by Gasteiger charge is -2.21. The van der Waals surface area contributed by atoms with Gasteiger partial charge in [0.15, 0.2) is 11.5 Å². The van der Waals surface area contributed by atoms with Gasteiger partial charge in [-0.2, -0.15) is 0 Å². The molecular formula is C13H16ClNO3. The highest BCUT2D eigenvalue weighted by atomic mass is 35.5. The number of ether oxygens (including phenoxy) is 2. The molecule has 1 aliphatic heterocycles. The molecule has 98 valence electrons. The molecule has 0 spiro atoms. The molecule has 1 aliphatic rings. The largest absolute Gasteiger partial charge is 0.486 e. The molecule has 18 heavy (non-hydrogen) atoms. The lowest BCUT2D eigenvalue weighted by Crippen LogP contribution is -2.23. The Hall–Kier alpha value is -1.42. The highest BCUT2D eigenvalue weighted by molar-refractivity contribution is 6.62. The van der Waals surface area contributed by atoms with E-state index in [2.05, 4.69) is 0 Å². The average molecular weight is 270 g/mol. The van der Waals surface area contributed by atoms with Gasteiger partial charge in [-0.1, -0.05) is 0 Å². The molecule has 0 unspecified atom stereocenters. The van der Waals surface area contributed by atoms with Crippen molar-refractivity contribution >= 4 is 17.0 Å². The number of rotatable bonds is 3. The van der Waals surface area contributed by atoms with Gasteiger partial charge in [-0.05, 0) is 48.2 Å². The van der Waals surface area contributed by atoms with Crippen LogP contribution in [0.25, 0.3) is 0 Å². The maximum atomic E-state index is 10.9.